The lowest BCUT2D eigenvalue weighted by molar-refractivity contribution is -0.119. The number of anilines is 1. The van der Waals surface area contributed by atoms with Gasteiger partial charge in [-0.05, 0) is 58.4 Å². The van der Waals surface area contributed by atoms with Gasteiger partial charge in [0.2, 0.25) is 0 Å². The fourth-order valence-electron chi connectivity index (χ4n) is 3.29. The molecule has 2 heterocycles. The van der Waals surface area contributed by atoms with Crippen LogP contribution in [-0.4, -0.2) is 51.4 Å². The maximum absolute atomic E-state index is 12.6. The summed E-state index contributed by atoms with van der Waals surface area (Å²) in [5, 5.41) is 7.07. The standard InChI is InChI=1S/C25H31N5O5/c1-6-8-11-34-20-10-9-19(14-21(20)33-7-2)24(32)35-15-23(31)28-22-13-18(5)29-30(22)25-26-16(3)12-17(4)27-25/h9-10,12-14H,6-8,11,15H2,1-5H3,(H,28,31). The molecule has 0 unspecified atom stereocenters. The highest BCUT2D eigenvalue weighted by molar-refractivity contribution is 5.95. The number of rotatable bonds is 11. The maximum Gasteiger partial charge on any atom is 0.338 e. The lowest BCUT2D eigenvalue weighted by Crippen LogP contribution is -2.23. The summed E-state index contributed by atoms with van der Waals surface area (Å²) in [5.74, 6) is 0.562. The molecule has 1 N–H and O–H groups in total. The van der Waals surface area contributed by atoms with Crippen LogP contribution in [0.25, 0.3) is 5.95 Å². The van der Waals surface area contributed by atoms with Crippen molar-refractivity contribution >= 4 is 17.7 Å². The van der Waals surface area contributed by atoms with Crippen molar-refractivity contribution in [2.45, 2.75) is 47.5 Å². The second kappa shape index (κ2) is 12.0. The second-order valence-corrected chi connectivity index (χ2v) is 7.95. The number of benzene rings is 1. The minimum absolute atomic E-state index is 0.258. The number of carbonyl (C=O) groups is 2. The molecule has 0 radical (unpaired) electrons. The van der Waals surface area contributed by atoms with Gasteiger partial charge >= 0.3 is 5.97 Å². The number of nitrogens with zero attached hydrogens (tertiary/aromatic N) is 4. The number of esters is 1. The van der Waals surface area contributed by atoms with E-state index in [2.05, 4.69) is 27.3 Å². The highest BCUT2D eigenvalue weighted by atomic mass is 16.5. The summed E-state index contributed by atoms with van der Waals surface area (Å²) in [5.41, 5.74) is 2.48. The summed E-state index contributed by atoms with van der Waals surface area (Å²) in [6.45, 7) is 9.93. The van der Waals surface area contributed by atoms with Crippen LogP contribution in [-0.2, 0) is 9.53 Å². The minimum atomic E-state index is -0.649. The van der Waals surface area contributed by atoms with Gasteiger partial charge in [-0.3, -0.25) is 4.79 Å². The SMILES string of the molecule is CCCCOc1ccc(C(=O)OCC(=O)Nc2cc(C)nn2-c2nc(C)cc(C)n2)cc1OCC. The first-order chi connectivity index (χ1) is 16.8. The van der Waals surface area contributed by atoms with E-state index in [1.54, 1.807) is 31.2 Å². The molecule has 10 heteroatoms. The smallest absolute Gasteiger partial charge is 0.338 e. The Kier molecular flexibility index (Phi) is 8.77. The maximum atomic E-state index is 12.6. The molecule has 186 valence electrons. The van der Waals surface area contributed by atoms with Crippen molar-refractivity contribution in [3.8, 4) is 17.4 Å². The van der Waals surface area contributed by atoms with E-state index in [-0.39, 0.29) is 5.56 Å². The van der Waals surface area contributed by atoms with Crippen LogP contribution in [0.15, 0.2) is 30.3 Å². The molecule has 3 aromatic rings. The van der Waals surface area contributed by atoms with E-state index < -0.39 is 18.5 Å². The van der Waals surface area contributed by atoms with Crippen molar-refractivity contribution in [1.82, 2.24) is 19.7 Å². The van der Waals surface area contributed by atoms with Crippen molar-refractivity contribution in [1.29, 1.82) is 0 Å². The van der Waals surface area contributed by atoms with E-state index >= 15 is 0 Å². The van der Waals surface area contributed by atoms with Gasteiger partial charge in [0.15, 0.2) is 18.1 Å². The molecule has 0 aliphatic carbocycles. The number of hydrogen-bond donors (Lipinski definition) is 1. The van der Waals surface area contributed by atoms with Gasteiger partial charge in [0, 0.05) is 17.5 Å². The summed E-state index contributed by atoms with van der Waals surface area (Å²) < 4.78 is 18.0. The van der Waals surface area contributed by atoms with Crippen LogP contribution < -0.4 is 14.8 Å². The number of amides is 1. The van der Waals surface area contributed by atoms with Crippen LogP contribution >= 0.6 is 0 Å². The Bertz CT molecular complexity index is 1170. The number of hydrogen-bond acceptors (Lipinski definition) is 8. The van der Waals surface area contributed by atoms with Crippen molar-refractivity contribution in [3.63, 3.8) is 0 Å². The monoisotopic (exact) mass is 481 g/mol. The number of unbranched alkanes of at least 4 members (excludes halogenated alkanes) is 1. The highest BCUT2D eigenvalue weighted by Crippen LogP contribution is 2.29. The van der Waals surface area contributed by atoms with Crippen LogP contribution in [0, 0.1) is 20.8 Å². The van der Waals surface area contributed by atoms with Crippen molar-refractivity contribution in [3.05, 3.63) is 53.0 Å². The first-order valence-electron chi connectivity index (χ1n) is 11.6. The van der Waals surface area contributed by atoms with Gasteiger partial charge in [-0.1, -0.05) is 13.3 Å². The van der Waals surface area contributed by atoms with Gasteiger partial charge < -0.3 is 19.5 Å². The van der Waals surface area contributed by atoms with Gasteiger partial charge in [-0.2, -0.15) is 9.78 Å². The lowest BCUT2D eigenvalue weighted by Gasteiger charge is -2.13. The number of nitrogens with one attached hydrogen (secondary N) is 1. The molecule has 0 aliphatic rings. The van der Waals surface area contributed by atoms with Gasteiger partial charge in [-0.15, -0.1) is 0 Å². The number of aromatic nitrogens is 4. The third-order valence-electron chi connectivity index (χ3n) is 4.83. The van der Waals surface area contributed by atoms with E-state index in [0.29, 0.717) is 42.2 Å². The second-order valence-electron chi connectivity index (χ2n) is 7.95. The molecule has 35 heavy (non-hydrogen) atoms. The summed E-state index contributed by atoms with van der Waals surface area (Å²) >= 11 is 0. The molecule has 1 aromatic carbocycles. The zero-order valence-corrected chi connectivity index (χ0v) is 20.8. The van der Waals surface area contributed by atoms with Crippen LogP contribution in [0.2, 0.25) is 0 Å². The van der Waals surface area contributed by atoms with Crippen LogP contribution in [0.5, 0.6) is 11.5 Å². The first kappa shape index (κ1) is 25.7. The van der Waals surface area contributed by atoms with E-state index in [9.17, 15) is 9.59 Å². The molecule has 0 saturated heterocycles. The molecular formula is C25H31N5O5. The number of ether oxygens (including phenoxy) is 3. The van der Waals surface area contributed by atoms with Crippen molar-refractivity contribution < 1.29 is 23.8 Å². The molecule has 0 bridgehead atoms. The molecule has 0 saturated carbocycles. The summed E-state index contributed by atoms with van der Waals surface area (Å²) in [4.78, 5) is 33.9. The third-order valence-corrected chi connectivity index (χ3v) is 4.83. The molecule has 1 amide bonds. The molecular weight excluding hydrogens is 450 g/mol. The molecule has 2 aromatic heterocycles. The Morgan fingerprint density at radius 3 is 2.37 bits per heavy atom. The average Bonchev–Trinajstić information content (AvgIpc) is 3.18. The minimum Gasteiger partial charge on any atom is -0.490 e. The van der Waals surface area contributed by atoms with Gasteiger partial charge in [0.05, 0.1) is 24.5 Å². The Morgan fingerprint density at radius 2 is 1.69 bits per heavy atom. The normalized spacial score (nSPS) is 10.7. The molecule has 0 atom stereocenters. The van der Waals surface area contributed by atoms with Crippen LogP contribution in [0.4, 0.5) is 5.82 Å². The van der Waals surface area contributed by atoms with Crippen LogP contribution in [0.3, 0.4) is 0 Å². The van der Waals surface area contributed by atoms with Gasteiger partial charge in [-0.25, -0.2) is 14.8 Å². The van der Waals surface area contributed by atoms with E-state index in [0.717, 1.165) is 24.2 Å². The van der Waals surface area contributed by atoms with Gasteiger partial charge in [0.25, 0.3) is 11.9 Å². The van der Waals surface area contributed by atoms with Crippen molar-refractivity contribution in [2.24, 2.45) is 0 Å². The third kappa shape index (κ3) is 7.02. The quantitative estimate of drug-likeness (QED) is 0.323. The highest BCUT2D eigenvalue weighted by Gasteiger charge is 2.17. The molecule has 3 rings (SSSR count). The Hall–Kier alpha value is -3.95. The Morgan fingerprint density at radius 1 is 0.943 bits per heavy atom. The average molecular weight is 482 g/mol. The summed E-state index contributed by atoms with van der Waals surface area (Å²) in [6, 6.07) is 8.34. The molecule has 0 aliphatic heterocycles. The fourth-order valence-corrected chi connectivity index (χ4v) is 3.29. The zero-order chi connectivity index (χ0) is 25.4. The topological polar surface area (TPSA) is 117 Å². The Labute approximate surface area is 204 Å². The van der Waals surface area contributed by atoms with Crippen molar-refractivity contribution in [2.75, 3.05) is 25.1 Å². The first-order valence-corrected chi connectivity index (χ1v) is 11.6. The molecule has 0 fully saturated rings. The molecule has 10 nitrogen and oxygen atoms in total. The fraction of sp³-hybridized carbons (Fsp3) is 0.400. The largest absolute Gasteiger partial charge is 0.490 e. The zero-order valence-electron chi connectivity index (χ0n) is 20.8. The van der Waals surface area contributed by atoms with E-state index in [4.69, 9.17) is 14.2 Å². The number of aryl methyl sites for hydroxylation is 3. The van der Waals surface area contributed by atoms with Gasteiger partial charge in [0.1, 0.15) is 5.82 Å². The van der Waals surface area contributed by atoms with E-state index in [1.165, 1.54) is 4.68 Å². The predicted molar refractivity (Wildman–Crippen MR) is 130 cm³/mol. The summed E-state index contributed by atoms with van der Waals surface area (Å²) in [6.07, 6.45) is 1.92. The Balaban J connectivity index is 1.65. The van der Waals surface area contributed by atoms with Crippen LogP contribution in [0.1, 0.15) is 54.1 Å². The van der Waals surface area contributed by atoms with E-state index in [1.807, 2.05) is 26.8 Å². The lowest BCUT2D eigenvalue weighted by atomic mass is 10.2. The predicted octanol–water partition coefficient (Wildman–Crippen LogP) is 3.96. The molecule has 0 spiro atoms. The number of carbonyl (C=O) groups excluding carboxylic acids is 2. The summed E-state index contributed by atoms with van der Waals surface area (Å²) in [7, 11) is 0.